The number of amides is 1. The minimum absolute atomic E-state index is 0.0137. The summed E-state index contributed by atoms with van der Waals surface area (Å²) in [5.41, 5.74) is -4.02. The second-order valence-corrected chi connectivity index (χ2v) is 9.22. The Bertz CT molecular complexity index is 1380. The number of hydrogen-bond donors (Lipinski definition) is 2. The Hall–Kier alpha value is -4.11. The van der Waals surface area contributed by atoms with Crippen molar-refractivity contribution in [2.45, 2.75) is 49.8 Å². The molecule has 2 heterocycles. The molecule has 41 heavy (non-hydrogen) atoms. The molecule has 1 aromatic heterocycles. The van der Waals surface area contributed by atoms with Crippen LogP contribution in [0.25, 0.3) is 11.1 Å². The summed E-state index contributed by atoms with van der Waals surface area (Å²) >= 11 is 0. The summed E-state index contributed by atoms with van der Waals surface area (Å²) in [6.07, 6.45) is -17.6. The Morgan fingerprint density at radius 3 is 2.07 bits per heavy atom. The molecule has 0 bridgehead atoms. The van der Waals surface area contributed by atoms with Crippen LogP contribution in [-0.4, -0.2) is 51.7 Å². The molecule has 0 spiro atoms. The van der Waals surface area contributed by atoms with Crippen molar-refractivity contribution < 1.29 is 49.0 Å². The standard InChI is InChI=1S/C25H20F9N5O2/c26-23(27,28)10-1-11-41-17-8-6-16(7-9-17)22(25(32,33)34)13-18(19(21(40)35-22)20-36-38-39-37-20)15-4-2-14(3-5-15)12-24(29,30)31/h2-9H,1,10-13H2,(H,35,40)(H,36,37,38,39)/t22-/m0/s1. The van der Waals surface area contributed by atoms with Gasteiger partial charge in [-0.05, 0) is 51.2 Å². The van der Waals surface area contributed by atoms with Crippen LogP contribution in [0.5, 0.6) is 5.75 Å². The maximum Gasteiger partial charge on any atom is 0.416 e. The van der Waals surface area contributed by atoms with Gasteiger partial charge in [0.1, 0.15) is 5.75 Å². The highest BCUT2D eigenvalue weighted by Crippen LogP contribution is 2.49. The molecule has 0 radical (unpaired) electrons. The zero-order valence-corrected chi connectivity index (χ0v) is 20.7. The normalized spacial score (nSPS) is 18.4. The molecule has 1 amide bonds. The lowest BCUT2D eigenvalue weighted by molar-refractivity contribution is -0.201. The predicted molar refractivity (Wildman–Crippen MR) is 125 cm³/mol. The third kappa shape index (κ3) is 6.97. The SMILES string of the molecule is O=C1N[C@@](c2ccc(OCCCC(F)(F)F)cc2)(C(F)(F)F)CC(c2ccc(CC(F)(F)F)cc2)=C1c1nnn[nH]1. The molecule has 0 saturated carbocycles. The molecule has 2 aromatic carbocycles. The van der Waals surface area contributed by atoms with Crippen LogP contribution in [-0.2, 0) is 16.8 Å². The van der Waals surface area contributed by atoms with E-state index in [1.54, 1.807) is 0 Å². The number of carbonyl (C=O) groups is 1. The van der Waals surface area contributed by atoms with Gasteiger partial charge in [0, 0.05) is 12.8 Å². The number of halogens is 9. The zero-order chi connectivity index (χ0) is 30.1. The van der Waals surface area contributed by atoms with Gasteiger partial charge in [-0.2, -0.15) is 39.5 Å². The number of rotatable bonds is 8. The summed E-state index contributed by atoms with van der Waals surface area (Å²) in [6.45, 7) is -0.328. The minimum atomic E-state index is -5.08. The fraction of sp³-hybridized carbons (Fsp3) is 0.360. The van der Waals surface area contributed by atoms with E-state index in [-0.39, 0.29) is 46.9 Å². The summed E-state index contributed by atoms with van der Waals surface area (Å²) in [5.74, 6) is -1.44. The fourth-order valence-electron chi connectivity index (χ4n) is 4.42. The highest BCUT2D eigenvalue weighted by molar-refractivity contribution is 6.27. The zero-order valence-electron chi connectivity index (χ0n) is 20.7. The summed E-state index contributed by atoms with van der Waals surface area (Å²) in [4.78, 5) is 13.2. The van der Waals surface area contributed by atoms with Crippen molar-refractivity contribution in [3.05, 3.63) is 71.0 Å². The average molecular weight is 593 g/mol. The van der Waals surface area contributed by atoms with Gasteiger partial charge in [-0.15, -0.1) is 5.10 Å². The van der Waals surface area contributed by atoms with Gasteiger partial charge in [0.2, 0.25) is 0 Å². The molecule has 1 atom stereocenters. The summed E-state index contributed by atoms with van der Waals surface area (Å²) < 4.78 is 125. The molecule has 7 nitrogen and oxygen atoms in total. The van der Waals surface area contributed by atoms with E-state index in [4.69, 9.17) is 4.74 Å². The van der Waals surface area contributed by atoms with Crippen LogP contribution in [0.4, 0.5) is 39.5 Å². The Balaban J connectivity index is 1.71. The van der Waals surface area contributed by atoms with E-state index in [1.807, 2.05) is 5.32 Å². The van der Waals surface area contributed by atoms with Crippen LogP contribution in [0.1, 0.15) is 41.8 Å². The van der Waals surface area contributed by atoms with E-state index in [9.17, 15) is 44.3 Å². The first-order valence-corrected chi connectivity index (χ1v) is 11.9. The van der Waals surface area contributed by atoms with Gasteiger partial charge in [0.25, 0.3) is 5.91 Å². The minimum Gasteiger partial charge on any atom is -0.494 e. The molecule has 1 aliphatic rings. The third-order valence-electron chi connectivity index (χ3n) is 6.29. The van der Waals surface area contributed by atoms with Gasteiger partial charge in [-0.1, -0.05) is 36.4 Å². The van der Waals surface area contributed by atoms with Crippen molar-refractivity contribution in [3.8, 4) is 5.75 Å². The van der Waals surface area contributed by atoms with Gasteiger partial charge in [0.15, 0.2) is 11.4 Å². The lowest BCUT2D eigenvalue weighted by Gasteiger charge is -2.41. The maximum absolute atomic E-state index is 14.8. The molecule has 0 saturated heterocycles. The van der Waals surface area contributed by atoms with Crippen LogP contribution < -0.4 is 10.1 Å². The van der Waals surface area contributed by atoms with E-state index >= 15 is 0 Å². The molecule has 3 aromatic rings. The first-order valence-electron chi connectivity index (χ1n) is 11.9. The van der Waals surface area contributed by atoms with Crippen molar-refractivity contribution in [1.82, 2.24) is 25.9 Å². The van der Waals surface area contributed by atoms with Gasteiger partial charge in [-0.3, -0.25) is 4.79 Å². The lowest BCUT2D eigenvalue weighted by Crippen LogP contribution is -2.58. The molecule has 0 aliphatic carbocycles. The largest absolute Gasteiger partial charge is 0.494 e. The number of hydrogen-bond acceptors (Lipinski definition) is 5. The molecule has 2 N–H and O–H groups in total. The van der Waals surface area contributed by atoms with Crippen LogP contribution >= 0.6 is 0 Å². The van der Waals surface area contributed by atoms with Crippen molar-refractivity contribution in [1.29, 1.82) is 0 Å². The number of ether oxygens (including phenoxy) is 1. The third-order valence-corrected chi connectivity index (χ3v) is 6.29. The van der Waals surface area contributed by atoms with Crippen LogP contribution in [0, 0.1) is 0 Å². The number of tetrazole rings is 1. The number of carbonyl (C=O) groups excluding carboxylic acids is 1. The number of aromatic nitrogens is 4. The second kappa shape index (κ2) is 11.0. The first kappa shape index (κ1) is 29.9. The van der Waals surface area contributed by atoms with E-state index in [1.165, 1.54) is 12.1 Å². The Morgan fingerprint density at radius 1 is 0.878 bits per heavy atom. The topological polar surface area (TPSA) is 92.8 Å². The summed E-state index contributed by atoms with van der Waals surface area (Å²) in [6, 6.07) is 8.87. The number of alkyl halides is 9. The Kier molecular flexibility index (Phi) is 8.05. The molecule has 16 heteroatoms. The Labute approximate surface area is 225 Å². The molecule has 220 valence electrons. The van der Waals surface area contributed by atoms with Crippen LogP contribution in [0.15, 0.2) is 48.5 Å². The summed E-state index contributed by atoms with van der Waals surface area (Å²) in [7, 11) is 0. The highest BCUT2D eigenvalue weighted by atomic mass is 19.4. The van der Waals surface area contributed by atoms with Gasteiger partial charge < -0.3 is 10.1 Å². The first-order chi connectivity index (χ1) is 19.1. The molecule has 1 aliphatic heterocycles. The monoisotopic (exact) mass is 593 g/mol. The average Bonchev–Trinajstić information content (AvgIpc) is 3.39. The highest BCUT2D eigenvalue weighted by Gasteiger charge is 2.59. The quantitative estimate of drug-likeness (QED) is 0.250. The number of H-pyrrole nitrogens is 1. The van der Waals surface area contributed by atoms with E-state index < -0.39 is 54.8 Å². The van der Waals surface area contributed by atoms with E-state index in [0.29, 0.717) is 0 Å². The van der Waals surface area contributed by atoms with Gasteiger partial charge >= 0.3 is 18.5 Å². The summed E-state index contributed by atoms with van der Waals surface area (Å²) in [5, 5.41) is 14.7. The van der Waals surface area contributed by atoms with Crippen LogP contribution in [0.2, 0.25) is 0 Å². The lowest BCUT2D eigenvalue weighted by atomic mass is 9.76. The van der Waals surface area contributed by atoms with Crippen molar-refractivity contribution >= 4 is 17.1 Å². The number of aromatic amines is 1. The maximum atomic E-state index is 14.8. The van der Waals surface area contributed by atoms with Gasteiger partial charge in [0.05, 0.1) is 18.6 Å². The number of benzene rings is 2. The molecular formula is C25H20F9N5O2. The van der Waals surface area contributed by atoms with Crippen LogP contribution in [0.3, 0.4) is 0 Å². The van der Waals surface area contributed by atoms with Crippen molar-refractivity contribution in [3.63, 3.8) is 0 Å². The van der Waals surface area contributed by atoms with E-state index in [2.05, 4.69) is 20.6 Å². The fourth-order valence-corrected chi connectivity index (χ4v) is 4.42. The molecule has 0 fully saturated rings. The second-order valence-electron chi connectivity index (χ2n) is 9.22. The van der Waals surface area contributed by atoms with Crippen molar-refractivity contribution in [2.75, 3.05) is 6.61 Å². The molecule has 4 rings (SSSR count). The predicted octanol–water partition coefficient (Wildman–Crippen LogP) is 5.91. The molecule has 0 unspecified atom stereocenters. The number of nitrogens with zero attached hydrogens (tertiary/aromatic N) is 3. The number of nitrogens with one attached hydrogen (secondary N) is 2. The Morgan fingerprint density at radius 2 is 1.54 bits per heavy atom. The van der Waals surface area contributed by atoms with Crippen molar-refractivity contribution in [2.24, 2.45) is 0 Å². The smallest absolute Gasteiger partial charge is 0.416 e. The molecular weight excluding hydrogens is 573 g/mol. The van der Waals surface area contributed by atoms with E-state index in [0.717, 1.165) is 36.4 Å². The van der Waals surface area contributed by atoms with Gasteiger partial charge in [-0.25, -0.2) is 5.10 Å².